The monoisotopic (exact) mass is 406 g/mol. The van der Waals surface area contributed by atoms with Crippen LogP contribution in [-0.4, -0.2) is 51.9 Å². The predicted molar refractivity (Wildman–Crippen MR) is 119 cm³/mol. The molecule has 150 valence electrons. The normalized spacial score (nSPS) is 18.5. The Kier molecular flexibility index (Phi) is 5.76. The van der Waals surface area contributed by atoms with Gasteiger partial charge in [-0.3, -0.25) is 9.59 Å². The number of aryl methyl sites for hydroxylation is 1. The van der Waals surface area contributed by atoms with Crippen LogP contribution in [0.3, 0.4) is 0 Å². The summed E-state index contributed by atoms with van der Waals surface area (Å²) < 4.78 is 0. The average Bonchev–Trinajstić information content (AvgIpc) is 3.15. The molecule has 4 rings (SSSR count). The summed E-state index contributed by atoms with van der Waals surface area (Å²) in [5.41, 5.74) is 2.88. The van der Waals surface area contributed by atoms with E-state index >= 15 is 0 Å². The van der Waals surface area contributed by atoms with Gasteiger partial charge in [-0.25, -0.2) is 0 Å². The van der Waals surface area contributed by atoms with E-state index in [1.54, 1.807) is 6.08 Å². The molecule has 2 aliphatic heterocycles. The molecule has 0 radical (unpaired) electrons. The van der Waals surface area contributed by atoms with Gasteiger partial charge in [0.2, 0.25) is 5.91 Å². The number of amides is 2. The minimum Gasteiger partial charge on any atom is -0.339 e. The van der Waals surface area contributed by atoms with Gasteiger partial charge < -0.3 is 9.80 Å². The molecule has 29 heavy (non-hydrogen) atoms. The number of carbonyl (C=O) groups excluding carboxylic acids is 2. The van der Waals surface area contributed by atoms with Crippen LogP contribution in [-0.2, 0) is 4.79 Å². The Labute approximate surface area is 176 Å². The highest BCUT2D eigenvalue weighted by atomic mass is 32.2. The van der Waals surface area contributed by atoms with Gasteiger partial charge in [-0.1, -0.05) is 48.0 Å². The van der Waals surface area contributed by atoms with Crippen LogP contribution < -0.4 is 0 Å². The highest BCUT2D eigenvalue weighted by Gasteiger charge is 2.46. The van der Waals surface area contributed by atoms with Gasteiger partial charge in [0, 0.05) is 37.0 Å². The van der Waals surface area contributed by atoms with E-state index in [0.29, 0.717) is 13.1 Å². The molecule has 2 saturated heterocycles. The molecule has 2 fully saturated rings. The SMILES string of the molecule is Cc1cccc(C(=O)N2CCSC23CCN(C(=O)/C=C/c2ccccc2)CC3)c1. The molecule has 0 atom stereocenters. The number of rotatable bonds is 3. The van der Waals surface area contributed by atoms with Crippen molar-refractivity contribution in [3.63, 3.8) is 0 Å². The second kappa shape index (κ2) is 8.46. The van der Waals surface area contributed by atoms with Crippen LogP contribution >= 0.6 is 11.8 Å². The maximum Gasteiger partial charge on any atom is 0.255 e. The number of hydrogen-bond donors (Lipinski definition) is 0. The lowest BCUT2D eigenvalue weighted by atomic mass is 10.0. The molecular formula is C24H26N2O2S. The zero-order chi connectivity index (χ0) is 20.3. The summed E-state index contributed by atoms with van der Waals surface area (Å²) in [4.78, 5) is 29.5. The second-order valence-electron chi connectivity index (χ2n) is 7.69. The molecule has 2 aromatic rings. The van der Waals surface area contributed by atoms with E-state index in [1.807, 2.05) is 89.2 Å². The van der Waals surface area contributed by atoms with Crippen LogP contribution in [0.15, 0.2) is 60.7 Å². The van der Waals surface area contributed by atoms with Crippen molar-refractivity contribution < 1.29 is 9.59 Å². The van der Waals surface area contributed by atoms with Crippen molar-refractivity contribution in [1.29, 1.82) is 0 Å². The first-order chi connectivity index (χ1) is 14.1. The first-order valence-corrected chi connectivity index (χ1v) is 11.1. The van der Waals surface area contributed by atoms with Gasteiger partial charge in [-0.2, -0.15) is 0 Å². The van der Waals surface area contributed by atoms with Crippen molar-refractivity contribution in [1.82, 2.24) is 9.80 Å². The summed E-state index contributed by atoms with van der Waals surface area (Å²) in [7, 11) is 0. The Morgan fingerprint density at radius 2 is 1.76 bits per heavy atom. The van der Waals surface area contributed by atoms with E-state index in [-0.39, 0.29) is 16.7 Å². The quantitative estimate of drug-likeness (QED) is 0.717. The van der Waals surface area contributed by atoms with Crippen LogP contribution in [0.4, 0.5) is 0 Å². The summed E-state index contributed by atoms with van der Waals surface area (Å²) in [5, 5.41) is 0. The fourth-order valence-electron chi connectivity index (χ4n) is 4.16. The largest absolute Gasteiger partial charge is 0.339 e. The van der Waals surface area contributed by atoms with Gasteiger partial charge in [0.05, 0.1) is 4.87 Å². The van der Waals surface area contributed by atoms with Crippen molar-refractivity contribution in [3.8, 4) is 0 Å². The van der Waals surface area contributed by atoms with Crippen molar-refractivity contribution in [2.45, 2.75) is 24.6 Å². The van der Waals surface area contributed by atoms with Gasteiger partial charge in [-0.15, -0.1) is 11.8 Å². The van der Waals surface area contributed by atoms with E-state index in [9.17, 15) is 9.59 Å². The second-order valence-corrected chi connectivity index (χ2v) is 9.15. The topological polar surface area (TPSA) is 40.6 Å². The smallest absolute Gasteiger partial charge is 0.255 e. The summed E-state index contributed by atoms with van der Waals surface area (Å²) in [6.45, 7) is 4.16. The van der Waals surface area contributed by atoms with E-state index in [1.165, 1.54) is 0 Å². The van der Waals surface area contributed by atoms with E-state index in [2.05, 4.69) is 0 Å². The molecule has 1 spiro atoms. The molecule has 2 heterocycles. The van der Waals surface area contributed by atoms with Crippen molar-refractivity contribution >= 4 is 29.7 Å². The molecule has 0 N–H and O–H groups in total. The maximum absolute atomic E-state index is 13.2. The van der Waals surface area contributed by atoms with E-state index < -0.39 is 0 Å². The number of thioether (sulfide) groups is 1. The van der Waals surface area contributed by atoms with E-state index in [0.717, 1.165) is 41.8 Å². The Bertz CT molecular complexity index is 917. The number of likely N-dealkylation sites (tertiary alicyclic amines) is 1. The average molecular weight is 407 g/mol. The van der Waals surface area contributed by atoms with Crippen LogP contribution in [0, 0.1) is 6.92 Å². The molecule has 2 amide bonds. The van der Waals surface area contributed by atoms with Crippen molar-refractivity contribution in [3.05, 3.63) is 77.4 Å². The van der Waals surface area contributed by atoms with Gasteiger partial charge in [0.15, 0.2) is 0 Å². The Morgan fingerprint density at radius 3 is 2.48 bits per heavy atom. The third-order valence-electron chi connectivity index (χ3n) is 5.76. The van der Waals surface area contributed by atoms with Crippen LogP contribution in [0.1, 0.15) is 34.3 Å². The zero-order valence-electron chi connectivity index (χ0n) is 16.7. The Morgan fingerprint density at radius 1 is 1.00 bits per heavy atom. The number of nitrogens with zero attached hydrogens (tertiary/aromatic N) is 2. The standard InChI is InChI=1S/C24H26N2O2S/c1-19-6-5-9-21(18-19)23(28)26-16-17-29-24(26)12-14-25(15-13-24)22(27)11-10-20-7-3-2-4-8-20/h2-11,18H,12-17H2,1H3/b11-10+. The first-order valence-electron chi connectivity index (χ1n) is 10.1. The van der Waals surface area contributed by atoms with Crippen LogP contribution in [0.5, 0.6) is 0 Å². The highest BCUT2D eigenvalue weighted by molar-refractivity contribution is 8.00. The van der Waals surface area contributed by atoms with E-state index in [4.69, 9.17) is 0 Å². The minimum absolute atomic E-state index is 0.0447. The van der Waals surface area contributed by atoms with Crippen LogP contribution in [0.2, 0.25) is 0 Å². The fraction of sp³-hybridized carbons (Fsp3) is 0.333. The predicted octanol–water partition coefficient (Wildman–Crippen LogP) is 4.22. The van der Waals surface area contributed by atoms with Gasteiger partial charge in [-0.05, 0) is 43.5 Å². The van der Waals surface area contributed by atoms with Crippen LogP contribution in [0.25, 0.3) is 6.08 Å². The number of carbonyl (C=O) groups is 2. The summed E-state index contributed by atoms with van der Waals surface area (Å²) in [6, 6.07) is 17.7. The Hall–Kier alpha value is -2.53. The van der Waals surface area contributed by atoms with Gasteiger partial charge in [0.1, 0.15) is 0 Å². The van der Waals surface area contributed by atoms with Gasteiger partial charge in [0.25, 0.3) is 5.91 Å². The van der Waals surface area contributed by atoms with Crippen molar-refractivity contribution in [2.75, 3.05) is 25.4 Å². The van der Waals surface area contributed by atoms with Gasteiger partial charge >= 0.3 is 0 Å². The Balaban J connectivity index is 1.41. The number of hydrogen-bond acceptors (Lipinski definition) is 3. The minimum atomic E-state index is -0.180. The molecule has 2 aromatic carbocycles. The highest BCUT2D eigenvalue weighted by Crippen LogP contribution is 2.44. The molecule has 0 aromatic heterocycles. The lowest BCUT2D eigenvalue weighted by molar-refractivity contribution is -0.127. The third kappa shape index (κ3) is 4.25. The first kappa shape index (κ1) is 19.8. The fourth-order valence-corrected chi connectivity index (χ4v) is 5.61. The summed E-state index contributed by atoms with van der Waals surface area (Å²) >= 11 is 1.87. The number of piperidine rings is 1. The molecule has 0 saturated carbocycles. The molecule has 0 bridgehead atoms. The summed E-state index contributed by atoms with van der Waals surface area (Å²) in [6.07, 6.45) is 5.16. The molecule has 2 aliphatic rings. The maximum atomic E-state index is 13.2. The molecule has 4 nitrogen and oxygen atoms in total. The lowest BCUT2D eigenvalue weighted by Gasteiger charge is -2.44. The molecular weight excluding hydrogens is 380 g/mol. The zero-order valence-corrected chi connectivity index (χ0v) is 17.5. The summed E-state index contributed by atoms with van der Waals surface area (Å²) in [5.74, 6) is 1.12. The third-order valence-corrected chi connectivity index (χ3v) is 7.31. The molecule has 0 unspecified atom stereocenters. The van der Waals surface area contributed by atoms with Crippen molar-refractivity contribution in [2.24, 2.45) is 0 Å². The molecule has 5 heteroatoms. The lowest BCUT2D eigenvalue weighted by Crippen LogP contribution is -2.53. The number of benzene rings is 2. The molecule has 0 aliphatic carbocycles.